The van der Waals surface area contributed by atoms with Crippen LogP contribution < -0.4 is 5.32 Å². The quantitative estimate of drug-likeness (QED) is 0.800. The molecule has 0 aliphatic carbocycles. The Kier molecular flexibility index (Phi) is 4.33. The second-order valence-corrected chi connectivity index (χ2v) is 5.50. The highest BCUT2D eigenvalue weighted by Crippen LogP contribution is 2.15. The molecule has 0 unspecified atom stereocenters. The van der Waals surface area contributed by atoms with Crippen LogP contribution in [0, 0.1) is 19.7 Å². The highest BCUT2D eigenvalue weighted by Gasteiger charge is 2.10. The van der Waals surface area contributed by atoms with E-state index >= 15 is 0 Å². The van der Waals surface area contributed by atoms with Crippen molar-refractivity contribution in [2.75, 3.05) is 5.32 Å². The van der Waals surface area contributed by atoms with Crippen molar-refractivity contribution in [3.8, 4) is 11.4 Å². The second kappa shape index (κ2) is 6.57. The average Bonchev–Trinajstić information content (AvgIpc) is 3.00. The highest BCUT2D eigenvalue weighted by atomic mass is 19.1. The fourth-order valence-corrected chi connectivity index (χ4v) is 2.17. The summed E-state index contributed by atoms with van der Waals surface area (Å²) in [5.74, 6) is -0.241. The van der Waals surface area contributed by atoms with Gasteiger partial charge in [0.05, 0.1) is 0 Å². The highest BCUT2D eigenvalue weighted by molar-refractivity contribution is 5.90. The van der Waals surface area contributed by atoms with E-state index in [9.17, 15) is 9.18 Å². The molecule has 0 radical (unpaired) electrons. The van der Waals surface area contributed by atoms with Gasteiger partial charge in [0.1, 0.15) is 12.4 Å². The number of hydrogen-bond acceptors (Lipinski definition) is 4. The number of hydrogen-bond donors (Lipinski definition) is 1. The van der Waals surface area contributed by atoms with Gasteiger partial charge >= 0.3 is 0 Å². The zero-order chi connectivity index (χ0) is 17.1. The Morgan fingerprint density at radius 2 is 1.88 bits per heavy atom. The molecule has 0 aliphatic rings. The summed E-state index contributed by atoms with van der Waals surface area (Å²) in [6, 6.07) is 11.5. The van der Waals surface area contributed by atoms with Crippen LogP contribution in [0.15, 0.2) is 42.5 Å². The topological polar surface area (TPSA) is 72.7 Å². The maximum Gasteiger partial charge on any atom is 0.248 e. The van der Waals surface area contributed by atoms with E-state index in [1.54, 1.807) is 12.1 Å². The van der Waals surface area contributed by atoms with E-state index in [0.717, 1.165) is 16.8 Å². The molecule has 1 amide bonds. The van der Waals surface area contributed by atoms with Gasteiger partial charge in [-0.2, -0.15) is 4.80 Å². The molecule has 122 valence electrons. The summed E-state index contributed by atoms with van der Waals surface area (Å²) in [5, 5.41) is 14.7. The number of carbonyl (C=O) groups excluding carboxylic acids is 1. The molecule has 3 aromatic rings. The Balaban J connectivity index is 1.66. The summed E-state index contributed by atoms with van der Waals surface area (Å²) in [6.07, 6.45) is 0. The van der Waals surface area contributed by atoms with E-state index in [4.69, 9.17) is 0 Å². The predicted molar refractivity (Wildman–Crippen MR) is 87.8 cm³/mol. The smallest absolute Gasteiger partial charge is 0.248 e. The standard InChI is InChI=1S/C17H16FN5O/c1-11-3-8-15(9-12(11)2)19-16(24)10-23-21-17(20-22-23)13-4-6-14(18)7-5-13/h3-9H,10H2,1-2H3,(H,19,24). The average molecular weight is 325 g/mol. The molecule has 2 aromatic carbocycles. The number of carbonyl (C=O) groups is 1. The van der Waals surface area contributed by atoms with Crippen molar-refractivity contribution in [1.82, 2.24) is 20.2 Å². The minimum absolute atomic E-state index is 0.0544. The van der Waals surface area contributed by atoms with Gasteiger partial charge < -0.3 is 5.32 Å². The fourth-order valence-electron chi connectivity index (χ4n) is 2.17. The predicted octanol–water partition coefficient (Wildman–Crippen LogP) is 2.73. The van der Waals surface area contributed by atoms with E-state index in [1.807, 2.05) is 32.0 Å². The number of nitrogens with zero attached hydrogens (tertiary/aromatic N) is 4. The summed E-state index contributed by atoms with van der Waals surface area (Å²) in [5.41, 5.74) is 3.62. The Hall–Kier alpha value is -3.09. The summed E-state index contributed by atoms with van der Waals surface area (Å²) >= 11 is 0. The maximum absolute atomic E-state index is 12.9. The van der Waals surface area contributed by atoms with E-state index in [1.165, 1.54) is 16.9 Å². The van der Waals surface area contributed by atoms with E-state index in [2.05, 4.69) is 20.7 Å². The molecule has 0 fully saturated rings. The lowest BCUT2D eigenvalue weighted by molar-refractivity contribution is -0.117. The molecular weight excluding hydrogens is 309 g/mol. The zero-order valence-electron chi connectivity index (χ0n) is 13.3. The van der Waals surface area contributed by atoms with Crippen molar-refractivity contribution >= 4 is 11.6 Å². The molecule has 0 saturated heterocycles. The SMILES string of the molecule is Cc1ccc(NC(=O)Cn2nnc(-c3ccc(F)cc3)n2)cc1C. The molecule has 24 heavy (non-hydrogen) atoms. The van der Waals surface area contributed by atoms with Crippen molar-refractivity contribution in [2.45, 2.75) is 20.4 Å². The molecule has 6 nitrogen and oxygen atoms in total. The summed E-state index contributed by atoms with van der Waals surface area (Å²) in [7, 11) is 0. The van der Waals surface area contributed by atoms with Gasteiger partial charge in [0.25, 0.3) is 0 Å². The van der Waals surface area contributed by atoms with Gasteiger partial charge in [0, 0.05) is 11.3 Å². The minimum Gasteiger partial charge on any atom is -0.324 e. The Bertz CT molecular complexity index is 873. The molecule has 7 heteroatoms. The van der Waals surface area contributed by atoms with Crippen LogP contribution in [0.4, 0.5) is 10.1 Å². The monoisotopic (exact) mass is 325 g/mol. The number of benzene rings is 2. The minimum atomic E-state index is -0.334. The first-order valence-electron chi connectivity index (χ1n) is 7.42. The van der Waals surface area contributed by atoms with Gasteiger partial charge in [0.15, 0.2) is 0 Å². The number of tetrazole rings is 1. The number of anilines is 1. The Labute approximate surface area is 138 Å². The fraction of sp³-hybridized carbons (Fsp3) is 0.176. The summed E-state index contributed by atoms with van der Waals surface area (Å²) in [4.78, 5) is 13.3. The lowest BCUT2D eigenvalue weighted by Crippen LogP contribution is -2.20. The third-order valence-electron chi connectivity index (χ3n) is 3.63. The molecule has 0 aliphatic heterocycles. The Morgan fingerprint density at radius 3 is 2.58 bits per heavy atom. The first-order valence-corrected chi connectivity index (χ1v) is 7.42. The number of rotatable bonds is 4. The third-order valence-corrected chi connectivity index (χ3v) is 3.63. The molecular formula is C17H16FN5O. The van der Waals surface area contributed by atoms with Gasteiger partial charge in [0.2, 0.25) is 11.7 Å². The molecule has 3 rings (SSSR count). The largest absolute Gasteiger partial charge is 0.324 e. The van der Waals surface area contributed by atoms with Crippen LogP contribution in [-0.4, -0.2) is 26.1 Å². The third kappa shape index (κ3) is 3.62. The zero-order valence-corrected chi connectivity index (χ0v) is 13.3. The molecule has 0 spiro atoms. The van der Waals surface area contributed by atoms with Crippen molar-refractivity contribution in [1.29, 1.82) is 0 Å². The van der Waals surface area contributed by atoms with Crippen LogP contribution in [0.1, 0.15) is 11.1 Å². The summed E-state index contributed by atoms with van der Waals surface area (Å²) in [6.45, 7) is 3.94. The van der Waals surface area contributed by atoms with Crippen LogP contribution in [0.3, 0.4) is 0 Å². The van der Waals surface area contributed by atoms with Crippen molar-refractivity contribution in [3.05, 3.63) is 59.4 Å². The van der Waals surface area contributed by atoms with Gasteiger partial charge in [-0.25, -0.2) is 4.39 Å². The van der Waals surface area contributed by atoms with Gasteiger partial charge in [-0.1, -0.05) is 6.07 Å². The van der Waals surface area contributed by atoms with E-state index in [-0.39, 0.29) is 18.3 Å². The van der Waals surface area contributed by atoms with Crippen LogP contribution in [-0.2, 0) is 11.3 Å². The number of aryl methyl sites for hydroxylation is 2. The van der Waals surface area contributed by atoms with Gasteiger partial charge in [-0.3, -0.25) is 4.79 Å². The molecule has 0 bridgehead atoms. The first-order chi connectivity index (χ1) is 11.5. The van der Waals surface area contributed by atoms with Gasteiger partial charge in [-0.05, 0) is 66.6 Å². The van der Waals surface area contributed by atoms with Gasteiger partial charge in [-0.15, -0.1) is 10.2 Å². The van der Waals surface area contributed by atoms with Crippen LogP contribution in [0.5, 0.6) is 0 Å². The Morgan fingerprint density at radius 1 is 1.12 bits per heavy atom. The van der Waals surface area contributed by atoms with E-state index in [0.29, 0.717) is 11.4 Å². The number of amides is 1. The van der Waals surface area contributed by atoms with Crippen LogP contribution in [0.25, 0.3) is 11.4 Å². The molecule has 1 heterocycles. The van der Waals surface area contributed by atoms with Crippen molar-refractivity contribution in [3.63, 3.8) is 0 Å². The van der Waals surface area contributed by atoms with Crippen LogP contribution in [0.2, 0.25) is 0 Å². The lowest BCUT2D eigenvalue weighted by atomic mass is 10.1. The van der Waals surface area contributed by atoms with E-state index < -0.39 is 0 Å². The second-order valence-electron chi connectivity index (χ2n) is 5.50. The molecule has 0 saturated carbocycles. The first kappa shape index (κ1) is 15.8. The normalized spacial score (nSPS) is 10.6. The molecule has 1 N–H and O–H groups in total. The lowest BCUT2D eigenvalue weighted by Gasteiger charge is -2.07. The van der Waals surface area contributed by atoms with Crippen molar-refractivity contribution in [2.24, 2.45) is 0 Å². The number of halogens is 1. The molecule has 1 aromatic heterocycles. The maximum atomic E-state index is 12.9. The molecule has 0 atom stereocenters. The van der Waals surface area contributed by atoms with Crippen LogP contribution >= 0.6 is 0 Å². The number of nitrogens with one attached hydrogen (secondary N) is 1. The van der Waals surface area contributed by atoms with Crippen molar-refractivity contribution < 1.29 is 9.18 Å². The summed E-state index contributed by atoms with van der Waals surface area (Å²) < 4.78 is 12.9. The number of aromatic nitrogens is 4.